The normalized spacial score (nSPS) is 13.3. The molecule has 0 spiro atoms. The van der Waals surface area contributed by atoms with Gasteiger partial charge in [0, 0.05) is 0 Å². The van der Waals surface area contributed by atoms with Crippen molar-refractivity contribution in [2.24, 2.45) is 11.5 Å². The minimum atomic E-state index is -5.34. The third-order valence-electron chi connectivity index (χ3n) is 4.38. The van der Waals surface area contributed by atoms with Crippen LogP contribution in [0.1, 0.15) is 47.2 Å². The van der Waals surface area contributed by atoms with E-state index >= 15 is 0 Å². The van der Waals surface area contributed by atoms with Gasteiger partial charge in [0.25, 0.3) is 0 Å². The van der Waals surface area contributed by atoms with E-state index in [1.807, 2.05) is 30.3 Å². The summed E-state index contributed by atoms with van der Waals surface area (Å²) >= 11 is 0. The van der Waals surface area contributed by atoms with E-state index in [-0.39, 0.29) is 12.3 Å². The molecule has 12 heteroatoms. The zero-order chi connectivity index (χ0) is 23.7. The first kappa shape index (κ1) is 25.0. The highest BCUT2D eigenvalue weighted by Gasteiger charge is 2.43. The topological polar surface area (TPSA) is 151 Å². The molecule has 0 fully saturated rings. The van der Waals surface area contributed by atoms with Crippen molar-refractivity contribution in [2.45, 2.75) is 43.9 Å². The average molecular weight is 456 g/mol. The zero-order valence-corrected chi connectivity index (χ0v) is 16.9. The van der Waals surface area contributed by atoms with Crippen LogP contribution in [0.4, 0.5) is 13.2 Å². The van der Waals surface area contributed by atoms with E-state index in [9.17, 15) is 27.6 Å². The summed E-state index contributed by atoms with van der Waals surface area (Å²) in [5.41, 5.74) is 11.6. The summed E-state index contributed by atoms with van der Waals surface area (Å²) in [4.78, 5) is 38.9. The summed E-state index contributed by atoms with van der Waals surface area (Å²) in [5.74, 6) is -4.96. The summed E-state index contributed by atoms with van der Waals surface area (Å²) in [6.45, 7) is 0.361. The number of amides is 1. The van der Waals surface area contributed by atoms with Crippen molar-refractivity contribution in [3.05, 3.63) is 53.7 Å². The Labute approximate surface area is 181 Å². The number of nitrogens with zero attached hydrogens (tertiary/aromatic N) is 1. The van der Waals surface area contributed by atoms with Crippen LogP contribution >= 0.6 is 0 Å². The number of nitrogens with two attached hydrogens (primary N) is 2. The quantitative estimate of drug-likeness (QED) is 0.362. The minimum Gasteiger partial charge on any atom is -0.446 e. The number of benzene rings is 1. The molecule has 2 atom stereocenters. The number of oxazole rings is 1. The second kappa shape index (κ2) is 11.4. The Balaban J connectivity index is 2.14. The van der Waals surface area contributed by atoms with Crippen molar-refractivity contribution in [3.8, 4) is 0 Å². The molecule has 32 heavy (non-hydrogen) atoms. The molecule has 0 bridgehead atoms. The van der Waals surface area contributed by atoms with Crippen LogP contribution in [0.5, 0.6) is 0 Å². The number of aryl methyl sites for hydroxylation is 1. The predicted octanol–water partition coefficient (Wildman–Crippen LogP) is 1.78. The van der Waals surface area contributed by atoms with Gasteiger partial charge in [-0.2, -0.15) is 13.2 Å². The van der Waals surface area contributed by atoms with Crippen LogP contribution in [-0.4, -0.2) is 41.6 Å². The van der Waals surface area contributed by atoms with E-state index in [1.165, 1.54) is 0 Å². The Kier molecular flexibility index (Phi) is 8.91. The van der Waals surface area contributed by atoms with Crippen LogP contribution in [0, 0.1) is 0 Å². The fourth-order valence-electron chi connectivity index (χ4n) is 2.70. The van der Waals surface area contributed by atoms with Crippen LogP contribution in [0.25, 0.3) is 0 Å². The first-order valence-electron chi connectivity index (χ1n) is 9.70. The van der Waals surface area contributed by atoms with Crippen LogP contribution in [0.3, 0.4) is 0 Å². The van der Waals surface area contributed by atoms with Gasteiger partial charge in [0.15, 0.2) is 5.69 Å². The molecule has 0 saturated heterocycles. The number of halogens is 3. The molecule has 0 saturated carbocycles. The van der Waals surface area contributed by atoms with E-state index in [1.54, 1.807) is 0 Å². The van der Waals surface area contributed by atoms with E-state index < -0.39 is 41.8 Å². The minimum absolute atomic E-state index is 0.147. The Morgan fingerprint density at radius 2 is 1.84 bits per heavy atom. The maximum Gasteiger partial charge on any atom is 0.491 e. The molecular weight excluding hydrogens is 433 g/mol. The number of rotatable bonds is 10. The molecule has 1 aromatic carbocycles. The Morgan fingerprint density at radius 3 is 2.47 bits per heavy atom. The van der Waals surface area contributed by atoms with E-state index in [0.717, 1.165) is 11.8 Å². The number of ether oxygens (including phenoxy) is 1. The van der Waals surface area contributed by atoms with Crippen molar-refractivity contribution in [2.75, 3.05) is 6.54 Å². The highest BCUT2D eigenvalue weighted by Crippen LogP contribution is 2.21. The molecule has 2 rings (SSSR count). The molecule has 5 N–H and O–H groups in total. The van der Waals surface area contributed by atoms with Gasteiger partial charge < -0.3 is 25.9 Å². The first-order chi connectivity index (χ1) is 15.1. The van der Waals surface area contributed by atoms with Gasteiger partial charge in [-0.15, -0.1) is 0 Å². The van der Waals surface area contributed by atoms with Gasteiger partial charge in [-0.05, 0) is 37.8 Å². The third kappa shape index (κ3) is 7.46. The summed E-state index contributed by atoms with van der Waals surface area (Å²) in [5, 5.41) is 2.67. The molecule has 2 aromatic rings. The van der Waals surface area contributed by atoms with Gasteiger partial charge >= 0.3 is 18.1 Å². The molecule has 0 radical (unpaired) electrons. The Morgan fingerprint density at radius 1 is 1.16 bits per heavy atom. The first-order valence-corrected chi connectivity index (χ1v) is 9.70. The van der Waals surface area contributed by atoms with Crippen molar-refractivity contribution in [1.29, 1.82) is 0 Å². The fraction of sp³-hybridized carbons (Fsp3) is 0.400. The highest BCUT2D eigenvalue weighted by molar-refractivity contribution is 5.96. The number of hydrogen-bond donors (Lipinski definition) is 3. The largest absolute Gasteiger partial charge is 0.491 e. The van der Waals surface area contributed by atoms with Crippen LogP contribution < -0.4 is 16.8 Å². The second-order valence-electron chi connectivity index (χ2n) is 6.87. The Bertz CT molecular complexity index is 917. The highest BCUT2D eigenvalue weighted by atomic mass is 19.4. The van der Waals surface area contributed by atoms with Gasteiger partial charge in [0.2, 0.25) is 11.8 Å². The van der Waals surface area contributed by atoms with E-state index in [0.29, 0.717) is 25.8 Å². The number of aromatic nitrogens is 1. The van der Waals surface area contributed by atoms with Gasteiger partial charge in [0.05, 0.1) is 6.04 Å². The number of carbonyl (C=O) groups is 3. The maximum atomic E-state index is 12.4. The summed E-state index contributed by atoms with van der Waals surface area (Å²) in [7, 11) is 0. The molecule has 0 aliphatic heterocycles. The molecule has 174 valence electrons. The van der Waals surface area contributed by atoms with Crippen molar-refractivity contribution < 1.29 is 36.7 Å². The van der Waals surface area contributed by atoms with E-state index in [4.69, 9.17) is 15.9 Å². The lowest BCUT2D eigenvalue weighted by Crippen LogP contribution is -2.42. The van der Waals surface area contributed by atoms with Crippen LogP contribution in [0.15, 0.2) is 41.0 Å². The molecule has 0 unspecified atom stereocenters. The summed E-state index contributed by atoms with van der Waals surface area (Å²) in [6.07, 6.45) is -2.94. The molecule has 0 aliphatic rings. The summed E-state index contributed by atoms with van der Waals surface area (Å²) in [6, 6.07) is 7.56. The van der Waals surface area contributed by atoms with Crippen molar-refractivity contribution in [1.82, 2.24) is 10.3 Å². The smallest absolute Gasteiger partial charge is 0.446 e. The molecule has 1 amide bonds. The zero-order valence-electron chi connectivity index (χ0n) is 16.9. The van der Waals surface area contributed by atoms with Crippen molar-refractivity contribution >= 4 is 17.8 Å². The van der Waals surface area contributed by atoms with Gasteiger partial charge in [-0.3, -0.25) is 4.79 Å². The molecule has 9 nitrogen and oxygen atoms in total. The fourth-order valence-corrected chi connectivity index (χ4v) is 2.70. The molecular formula is C20H23F3N4O5. The lowest BCUT2D eigenvalue weighted by atomic mass is 10.0. The van der Waals surface area contributed by atoms with Crippen molar-refractivity contribution in [3.63, 3.8) is 0 Å². The molecule has 1 heterocycles. The monoisotopic (exact) mass is 456 g/mol. The number of alkyl halides is 3. The SMILES string of the molecule is NCCC[C@@H](N)C(=O)N[C@H](CCc1ccccc1)c1nc(C(=O)OC(=O)C(F)(F)F)co1. The third-order valence-corrected chi connectivity index (χ3v) is 4.38. The van der Waals surface area contributed by atoms with Crippen LogP contribution in [-0.2, 0) is 20.7 Å². The predicted molar refractivity (Wildman–Crippen MR) is 105 cm³/mol. The van der Waals surface area contributed by atoms with Gasteiger partial charge in [-0.25, -0.2) is 14.6 Å². The standard InChI is InChI=1S/C20H23F3N4O5/c21-20(22,23)19(30)32-18(29)15-11-31-17(27-15)14(9-8-12-5-2-1-3-6-12)26-16(28)13(25)7-4-10-24/h1-3,5-6,11,13-14H,4,7-10,24-25H2,(H,26,28)/t13-,14-/m1/s1. The van der Waals surface area contributed by atoms with Crippen LogP contribution in [0.2, 0.25) is 0 Å². The number of hydrogen-bond acceptors (Lipinski definition) is 8. The van der Waals surface area contributed by atoms with Gasteiger partial charge in [-0.1, -0.05) is 30.3 Å². The molecule has 1 aromatic heterocycles. The average Bonchev–Trinajstić information content (AvgIpc) is 3.25. The lowest BCUT2D eigenvalue weighted by molar-refractivity contribution is -0.193. The van der Waals surface area contributed by atoms with Gasteiger partial charge in [0.1, 0.15) is 12.3 Å². The molecule has 0 aliphatic carbocycles. The summed E-state index contributed by atoms with van der Waals surface area (Å²) < 4.78 is 45.8. The Hall–Kier alpha value is -3.25. The second-order valence-corrected chi connectivity index (χ2v) is 6.87. The maximum absolute atomic E-state index is 12.4. The lowest BCUT2D eigenvalue weighted by Gasteiger charge is -2.18. The van der Waals surface area contributed by atoms with E-state index in [2.05, 4.69) is 15.0 Å². The number of esters is 2. The number of carbonyl (C=O) groups excluding carboxylic acids is 3. The number of nitrogens with one attached hydrogen (secondary N) is 1.